The van der Waals surface area contributed by atoms with E-state index in [0.29, 0.717) is 32.5 Å². The maximum atomic E-state index is 12.8. The minimum absolute atomic E-state index is 0.0184. The molecule has 1 aromatic heterocycles. The van der Waals surface area contributed by atoms with Gasteiger partial charge in [0.2, 0.25) is 11.8 Å². The van der Waals surface area contributed by atoms with Gasteiger partial charge in [0.25, 0.3) is 0 Å². The fourth-order valence-corrected chi connectivity index (χ4v) is 4.81. The molecule has 3 heterocycles. The third-order valence-electron chi connectivity index (χ3n) is 6.25. The average Bonchev–Trinajstić information content (AvgIpc) is 3.25. The number of piperidine rings is 1. The van der Waals surface area contributed by atoms with Crippen LogP contribution in [0.3, 0.4) is 0 Å². The number of carbonyl (C=O) groups excluding carboxylic acids is 3. The highest BCUT2D eigenvalue weighted by Crippen LogP contribution is 2.44. The van der Waals surface area contributed by atoms with Crippen molar-refractivity contribution in [3.63, 3.8) is 0 Å². The maximum Gasteiger partial charge on any atom is 0.311 e. The lowest BCUT2D eigenvalue weighted by atomic mass is 9.76. The average molecular weight is 399 g/mol. The number of rotatable bonds is 4. The van der Waals surface area contributed by atoms with Gasteiger partial charge in [-0.05, 0) is 31.9 Å². The van der Waals surface area contributed by atoms with E-state index in [4.69, 9.17) is 4.74 Å². The molecule has 1 unspecified atom stereocenters. The zero-order valence-corrected chi connectivity index (χ0v) is 16.7. The van der Waals surface area contributed by atoms with E-state index in [1.807, 2.05) is 31.2 Å². The molecule has 29 heavy (non-hydrogen) atoms. The van der Waals surface area contributed by atoms with E-state index in [9.17, 15) is 14.4 Å². The van der Waals surface area contributed by atoms with Crippen LogP contribution >= 0.6 is 0 Å². The summed E-state index contributed by atoms with van der Waals surface area (Å²) in [6.07, 6.45) is 1.30. The van der Waals surface area contributed by atoms with Crippen LogP contribution in [-0.2, 0) is 25.7 Å². The molecule has 1 atom stereocenters. The minimum atomic E-state index is -0.561. The third kappa shape index (κ3) is 3.24. The lowest BCUT2D eigenvalue weighted by molar-refractivity contribution is -0.150. The second kappa shape index (κ2) is 7.46. The molecule has 9 nitrogen and oxygen atoms in total. The van der Waals surface area contributed by atoms with Crippen molar-refractivity contribution in [3.05, 3.63) is 24.3 Å². The minimum Gasteiger partial charge on any atom is -0.469 e. The molecule has 154 valence electrons. The third-order valence-corrected chi connectivity index (χ3v) is 6.25. The van der Waals surface area contributed by atoms with Crippen molar-refractivity contribution < 1.29 is 19.1 Å². The van der Waals surface area contributed by atoms with Gasteiger partial charge in [-0.3, -0.25) is 14.4 Å². The van der Waals surface area contributed by atoms with Crippen molar-refractivity contribution in [2.75, 3.05) is 26.7 Å². The van der Waals surface area contributed by atoms with Crippen LogP contribution in [-0.4, -0.2) is 74.9 Å². The lowest BCUT2D eigenvalue weighted by Crippen LogP contribution is -2.58. The van der Waals surface area contributed by atoms with Crippen LogP contribution < -0.4 is 0 Å². The Bertz CT molecular complexity index is 912. The Morgan fingerprint density at radius 2 is 1.79 bits per heavy atom. The molecule has 4 rings (SSSR count). The van der Waals surface area contributed by atoms with E-state index in [0.717, 1.165) is 11.0 Å². The van der Waals surface area contributed by atoms with Crippen LogP contribution in [0.15, 0.2) is 24.3 Å². The quantitative estimate of drug-likeness (QED) is 0.707. The number of nitrogens with zero attached hydrogens (tertiary/aromatic N) is 5. The molecular formula is C20H25N5O4. The molecule has 1 spiro atoms. The first-order valence-corrected chi connectivity index (χ1v) is 9.94. The van der Waals surface area contributed by atoms with Crippen molar-refractivity contribution in [2.24, 2.45) is 5.92 Å². The highest BCUT2D eigenvalue weighted by atomic mass is 16.5. The molecule has 0 N–H and O–H groups in total. The molecule has 0 bridgehead atoms. The standard InChI is InChI=1S/C20H25N5O4/c1-3-24-17(26)12-14(19(28)29-2)20(24)8-10-23(11-9-20)18(27)13-25-21-15-6-4-5-7-16(15)22-25/h4-7,14H,3,8-13H2,1-2H3. The Hall–Kier alpha value is -2.97. The largest absolute Gasteiger partial charge is 0.469 e. The molecule has 1 aromatic carbocycles. The summed E-state index contributed by atoms with van der Waals surface area (Å²) in [6, 6.07) is 7.48. The number of aromatic nitrogens is 3. The van der Waals surface area contributed by atoms with Crippen molar-refractivity contribution in [1.82, 2.24) is 24.8 Å². The topological polar surface area (TPSA) is 97.6 Å². The Kier molecular flexibility index (Phi) is 4.97. The highest BCUT2D eigenvalue weighted by molar-refractivity contribution is 5.89. The molecule has 9 heteroatoms. The van der Waals surface area contributed by atoms with Crippen LogP contribution in [0.5, 0.6) is 0 Å². The van der Waals surface area contributed by atoms with E-state index >= 15 is 0 Å². The number of benzene rings is 1. The van der Waals surface area contributed by atoms with E-state index in [2.05, 4.69) is 10.2 Å². The van der Waals surface area contributed by atoms with Gasteiger partial charge < -0.3 is 14.5 Å². The number of likely N-dealkylation sites (tertiary alicyclic amines) is 2. The zero-order valence-electron chi connectivity index (χ0n) is 16.7. The zero-order chi connectivity index (χ0) is 20.6. The molecule has 2 amide bonds. The molecule has 0 aliphatic carbocycles. The predicted molar refractivity (Wildman–Crippen MR) is 104 cm³/mol. The van der Waals surface area contributed by atoms with Crippen LogP contribution in [0.25, 0.3) is 11.0 Å². The number of fused-ring (bicyclic) bond motifs is 1. The molecule has 2 aliphatic heterocycles. The number of esters is 1. The number of hydrogen-bond acceptors (Lipinski definition) is 6. The predicted octanol–water partition coefficient (Wildman–Crippen LogP) is 0.834. The summed E-state index contributed by atoms with van der Waals surface area (Å²) in [5.74, 6) is -0.908. The van der Waals surface area contributed by atoms with Gasteiger partial charge in [0.15, 0.2) is 0 Å². The number of ether oxygens (including phenoxy) is 1. The van der Waals surface area contributed by atoms with Crippen molar-refractivity contribution in [3.8, 4) is 0 Å². The summed E-state index contributed by atoms with van der Waals surface area (Å²) >= 11 is 0. The van der Waals surface area contributed by atoms with Crippen molar-refractivity contribution in [1.29, 1.82) is 0 Å². The van der Waals surface area contributed by atoms with Crippen LogP contribution in [0.4, 0.5) is 0 Å². The SMILES string of the molecule is CCN1C(=O)CC(C(=O)OC)C12CCN(C(=O)Cn1nc3ccccc3n1)CC2. The summed E-state index contributed by atoms with van der Waals surface area (Å²) in [5, 5.41) is 8.69. The normalized spacial score (nSPS) is 21.2. The van der Waals surface area contributed by atoms with E-state index in [1.165, 1.54) is 11.9 Å². The summed E-state index contributed by atoms with van der Waals surface area (Å²) < 4.78 is 4.97. The van der Waals surface area contributed by atoms with E-state index < -0.39 is 11.5 Å². The Morgan fingerprint density at radius 3 is 2.34 bits per heavy atom. The monoisotopic (exact) mass is 399 g/mol. The summed E-state index contributed by atoms with van der Waals surface area (Å²) in [5.41, 5.74) is 0.942. The molecule has 0 radical (unpaired) electrons. The Labute approximate surface area is 168 Å². The van der Waals surface area contributed by atoms with Gasteiger partial charge in [-0.2, -0.15) is 15.0 Å². The lowest BCUT2D eigenvalue weighted by Gasteiger charge is -2.46. The van der Waals surface area contributed by atoms with Gasteiger partial charge in [0, 0.05) is 26.1 Å². The van der Waals surface area contributed by atoms with Gasteiger partial charge in [-0.1, -0.05) is 12.1 Å². The van der Waals surface area contributed by atoms with E-state index in [1.54, 1.807) is 9.80 Å². The van der Waals surface area contributed by atoms with E-state index in [-0.39, 0.29) is 30.7 Å². The van der Waals surface area contributed by atoms with Gasteiger partial charge >= 0.3 is 5.97 Å². The van der Waals surface area contributed by atoms with Gasteiger partial charge in [0.1, 0.15) is 17.6 Å². The first-order valence-electron chi connectivity index (χ1n) is 9.94. The first-order chi connectivity index (χ1) is 14.0. The molecule has 2 aliphatic rings. The highest BCUT2D eigenvalue weighted by Gasteiger charge is 2.56. The van der Waals surface area contributed by atoms with Gasteiger partial charge in [-0.15, -0.1) is 0 Å². The van der Waals surface area contributed by atoms with Gasteiger partial charge in [-0.25, -0.2) is 0 Å². The Balaban J connectivity index is 1.46. The second-order valence-electron chi connectivity index (χ2n) is 7.62. The number of carbonyl (C=O) groups is 3. The molecule has 2 fully saturated rings. The molecule has 2 aromatic rings. The van der Waals surface area contributed by atoms with Crippen LogP contribution in [0.2, 0.25) is 0 Å². The summed E-state index contributed by atoms with van der Waals surface area (Å²) in [7, 11) is 1.36. The Morgan fingerprint density at radius 1 is 1.17 bits per heavy atom. The van der Waals surface area contributed by atoms with Crippen molar-refractivity contribution >= 4 is 28.8 Å². The molecular weight excluding hydrogens is 374 g/mol. The second-order valence-corrected chi connectivity index (χ2v) is 7.62. The van der Waals surface area contributed by atoms with Crippen LogP contribution in [0, 0.1) is 5.92 Å². The summed E-state index contributed by atoms with van der Waals surface area (Å²) in [6.45, 7) is 3.50. The number of amides is 2. The molecule has 0 saturated carbocycles. The van der Waals surface area contributed by atoms with Crippen LogP contribution in [0.1, 0.15) is 26.2 Å². The fourth-order valence-electron chi connectivity index (χ4n) is 4.81. The number of hydrogen-bond donors (Lipinski definition) is 0. The number of methoxy groups -OCH3 is 1. The fraction of sp³-hybridized carbons (Fsp3) is 0.550. The van der Waals surface area contributed by atoms with Gasteiger partial charge in [0.05, 0.1) is 18.6 Å². The first kappa shape index (κ1) is 19.4. The molecule has 2 saturated heterocycles. The smallest absolute Gasteiger partial charge is 0.311 e. The maximum absolute atomic E-state index is 12.8. The summed E-state index contributed by atoms with van der Waals surface area (Å²) in [4.78, 5) is 42.6. The van der Waals surface area contributed by atoms with Crippen molar-refractivity contribution in [2.45, 2.75) is 38.3 Å².